The van der Waals surface area contributed by atoms with Gasteiger partial charge in [0.25, 0.3) is 0 Å². The Balaban J connectivity index is 0.000000641. The molecule has 2 heterocycles. The van der Waals surface area contributed by atoms with E-state index in [1.54, 1.807) is 12.3 Å². The summed E-state index contributed by atoms with van der Waals surface area (Å²) in [6.07, 6.45) is 14.1. The molecule has 0 aliphatic carbocycles. The molecule has 3 heteroatoms. The van der Waals surface area contributed by atoms with Gasteiger partial charge in [-0.05, 0) is 19.8 Å². The molecule has 0 bridgehead atoms. The molecule has 0 radical (unpaired) electrons. The Hall–Kier alpha value is -1.61. The van der Waals surface area contributed by atoms with E-state index in [2.05, 4.69) is 40.2 Å². The van der Waals surface area contributed by atoms with Crippen molar-refractivity contribution < 1.29 is 0 Å². The van der Waals surface area contributed by atoms with Gasteiger partial charge in [0, 0.05) is 25.0 Å². The van der Waals surface area contributed by atoms with Crippen molar-refractivity contribution in [3.8, 4) is 0 Å². The van der Waals surface area contributed by atoms with Gasteiger partial charge in [0.05, 0.1) is 6.54 Å². The van der Waals surface area contributed by atoms with Crippen LogP contribution in [0.15, 0.2) is 49.9 Å². The average Bonchev–Trinajstić information content (AvgIpc) is 2.97. The highest BCUT2D eigenvalue weighted by Crippen LogP contribution is 2.15. The molecule has 0 saturated heterocycles. The Kier molecular flexibility index (Phi) is 11.4. The molecule has 3 nitrogen and oxygen atoms in total. The lowest BCUT2D eigenvalue weighted by Crippen LogP contribution is -2.36. The Bertz CT molecular complexity index is 366. The summed E-state index contributed by atoms with van der Waals surface area (Å²) < 4.78 is 0. The van der Waals surface area contributed by atoms with Crippen LogP contribution in [-0.4, -0.2) is 27.5 Å². The second-order valence-electron chi connectivity index (χ2n) is 4.22. The van der Waals surface area contributed by atoms with E-state index in [1.165, 1.54) is 0 Å². The highest BCUT2D eigenvalue weighted by molar-refractivity contribution is 5.03. The number of allylic oxidation sites excluding steroid dienone is 1. The molecule has 1 aromatic rings. The van der Waals surface area contributed by atoms with Crippen LogP contribution in [-0.2, 0) is 6.54 Å². The first-order chi connectivity index (χ1) is 9.81. The van der Waals surface area contributed by atoms with E-state index < -0.39 is 0 Å². The third kappa shape index (κ3) is 7.10. The van der Waals surface area contributed by atoms with Gasteiger partial charge in [0.1, 0.15) is 5.82 Å². The van der Waals surface area contributed by atoms with Crippen LogP contribution in [0, 0.1) is 0 Å². The molecular weight excluding hydrogens is 246 g/mol. The van der Waals surface area contributed by atoms with E-state index in [-0.39, 0.29) is 0 Å². The van der Waals surface area contributed by atoms with Crippen molar-refractivity contribution in [3.63, 3.8) is 0 Å². The quantitative estimate of drug-likeness (QED) is 0.829. The fraction of sp³-hybridized carbons (Fsp3) is 0.471. The second kappa shape index (κ2) is 12.4. The van der Waals surface area contributed by atoms with Crippen molar-refractivity contribution in [1.82, 2.24) is 14.9 Å². The lowest BCUT2D eigenvalue weighted by Gasteiger charge is -2.30. The van der Waals surface area contributed by atoms with Gasteiger partial charge in [-0.2, -0.15) is 0 Å². The number of nitrogens with zero attached hydrogens (tertiary/aromatic N) is 2. The number of hydrogen-bond donors (Lipinski definition) is 1. The fourth-order valence-corrected chi connectivity index (χ4v) is 1.95. The summed E-state index contributed by atoms with van der Waals surface area (Å²) in [4.78, 5) is 9.83. The first-order valence-electron chi connectivity index (χ1n) is 7.38. The number of imidazole rings is 1. The maximum atomic E-state index is 4.26. The lowest BCUT2D eigenvalue weighted by atomic mass is 10.1. The molecule has 112 valence electrons. The third-order valence-corrected chi connectivity index (χ3v) is 2.73. The number of hydrogen-bond acceptors (Lipinski definition) is 2. The maximum Gasteiger partial charge on any atom is 0.120 e. The molecule has 1 aliphatic heterocycles. The zero-order chi connectivity index (χ0) is 15.2. The standard InChI is InChI=1S/C12H17N3.C3H6.C2H6/c1-2-5-11-6-3-4-9-15(11)10-12-13-7-8-14-12;1-3-2;1-2/h2-3,6-8,11H,1,4-5,9-10H2,(H,13,14);3H,1H2,2H3;1-2H3. The van der Waals surface area contributed by atoms with Crippen LogP contribution < -0.4 is 0 Å². The van der Waals surface area contributed by atoms with Crippen LogP contribution in [0.4, 0.5) is 0 Å². The van der Waals surface area contributed by atoms with Crippen molar-refractivity contribution in [2.24, 2.45) is 0 Å². The topological polar surface area (TPSA) is 31.9 Å². The number of rotatable bonds is 4. The minimum atomic E-state index is 0.487. The largest absolute Gasteiger partial charge is 0.348 e. The zero-order valence-electron chi connectivity index (χ0n) is 13.2. The lowest BCUT2D eigenvalue weighted by molar-refractivity contribution is 0.210. The Morgan fingerprint density at radius 3 is 2.70 bits per heavy atom. The molecule has 0 aromatic carbocycles. The van der Waals surface area contributed by atoms with Gasteiger partial charge < -0.3 is 4.98 Å². The highest BCUT2D eigenvalue weighted by Gasteiger charge is 2.17. The Morgan fingerprint density at radius 2 is 2.15 bits per heavy atom. The van der Waals surface area contributed by atoms with Gasteiger partial charge in [-0.15, -0.1) is 13.2 Å². The SMILES string of the molecule is C=CC.C=CCC1C=CCCN1Cc1ncc[nH]1.CC. The van der Waals surface area contributed by atoms with Crippen molar-refractivity contribution >= 4 is 0 Å². The van der Waals surface area contributed by atoms with E-state index in [0.717, 1.165) is 31.8 Å². The summed E-state index contributed by atoms with van der Waals surface area (Å²) >= 11 is 0. The van der Waals surface area contributed by atoms with Crippen LogP contribution >= 0.6 is 0 Å². The average molecular weight is 275 g/mol. The van der Waals surface area contributed by atoms with Crippen LogP contribution in [0.2, 0.25) is 0 Å². The number of nitrogens with one attached hydrogen (secondary N) is 1. The summed E-state index contributed by atoms with van der Waals surface area (Å²) in [5, 5.41) is 0. The van der Waals surface area contributed by atoms with Gasteiger partial charge in [-0.3, -0.25) is 4.90 Å². The molecule has 1 atom stereocenters. The second-order valence-corrected chi connectivity index (χ2v) is 4.22. The van der Waals surface area contributed by atoms with Gasteiger partial charge >= 0.3 is 0 Å². The van der Waals surface area contributed by atoms with Crippen LogP contribution in [0.3, 0.4) is 0 Å². The van der Waals surface area contributed by atoms with Crippen LogP contribution in [0.1, 0.15) is 39.4 Å². The zero-order valence-corrected chi connectivity index (χ0v) is 13.2. The molecular formula is C17H29N3. The van der Waals surface area contributed by atoms with Crippen molar-refractivity contribution in [3.05, 3.63) is 55.7 Å². The minimum Gasteiger partial charge on any atom is -0.348 e. The first kappa shape index (κ1) is 18.4. The molecule has 1 unspecified atom stereocenters. The van der Waals surface area contributed by atoms with E-state index in [0.29, 0.717) is 6.04 Å². The van der Waals surface area contributed by atoms with Crippen LogP contribution in [0.5, 0.6) is 0 Å². The molecule has 0 saturated carbocycles. The summed E-state index contributed by atoms with van der Waals surface area (Å²) in [6, 6.07) is 0.487. The predicted molar refractivity (Wildman–Crippen MR) is 88.6 cm³/mol. The summed E-state index contributed by atoms with van der Waals surface area (Å²) in [6.45, 7) is 15.1. The Morgan fingerprint density at radius 1 is 1.45 bits per heavy atom. The van der Waals surface area contributed by atoms with E-state index in [1.807, 2.05) is 33.0 Å². The normalized spacial score (nSPS) is 17.2. The number of aromatic nitrogens is 2. The molecule has 0 spiro atoms. The molecule has 1 aromatic heterocycles. The Labute approximate surface area is 124 Å². The molecule has 1 N–H and O–H groups in total. The minimum absolute atomic E-state index is 0.487. The fourth-order valence-electron chi connectivity index (χ4n) is 1.95. The maximum absolute atomic E-state index is 4.26. The highest BCUT2D eigenvalue weighted by atomic mass is 15.2. The molecule has 20 heavy (non-hydrogen) atoms. The van der Waals surface area contributed by atoms with Crippen molar-refractivity contribution in [2.75, 3.05) is 6.54 Å². The monoisotopic (exact) mass is 275 g/mol. The molecule has 0 fully saturated rings. The van der Waals surface area contributed by atoms with E-state index in [9.17, 15) is 0 Å². The van der Waals surface area contributed by atoms with E-state index >= 15 is 0 Å². The predicted octanol–water partition coefficient (Wildman–Crippen LogP) is 4.33. The smallest absolute Gasteiger partial charge is 0.120 e. The third-order valence-electron chi connectivity index (χ3n) is 2.73. The number of aromatic amines is 1. The van der Waals surface area contributed by atoms with Crippen molar-refractivity contribution in [2.45, 2.75) is 46.2 Å². The van der Waals surface area contributed by atoms with Gasteiger partial charge in [0.2, 0.25) is 0 Å². The van der Waals surface area contributed by atoms with Gasteiger partial charge in [-0.1, -0.05) is 38.2 Å². The summed E-state index contributed by atoms with van der Waals surface area (Å²) in [5.41, 5.74) is 0. The van der Waals surface area contributed by atoms with E-state index in [4.69, 9.17) is 0 Å². The summed E-state index contributed by atoms with van der Waals surface area (Å²) in [5.74, 6) is 1.04. The van der Waals surface area contributed by atoms with Gasteiger partial charge in [-0.25, -0.2) is 4.98 Å². The van der Waals surface area contributed by atoms with Gasteiger partial charge in [0.15, 0.2) is 0 Å². The molecule has 2 rings (SSSR count). The summed E-state index contributed by atoms with van der Waals surface area (Å²) in [7, 11) is 0. The van der Waals surface area contributed by atoms with Crippen LogP contribution in [0.25, 0.3) is 0 Å². The molecule has 1 aliphatic rings. The van der Waals surface area contributed by atoms with Crippen molar-refractivity contribution in [1.29, 1.82) is 0 Å². The first-order valence-corrected chi connectivity index (χ1v) is 7.38. The molecule has 0 amide bonds. The number of H-pyrrole nitrogens is 1.